The number of fused-ring (bicyclic) bond motifs is 1. The molecule has 2 N–H and O–H groups in total. The number of carbonyl (C=O) groups excluding carboxylic acids is 2. The summed E-state index contributed by atoms with van der Waals surface area (Å²) >= 11 is 6.26. The van der Waals surface area contributed by atoms with E-state index in [0.29, 0.717) is 36.8 Å². The van der Waals surface area contributed by atoms with E-state index in [1.54, 1.807) is 32.0 Å². The average Bonchev–Trinajstić information content (AvgIpc) is 3.00. The fourth-order valence-corrected chi connectivity index (χ4v) is 5.81. The van der Waals surface area contributed by atoms with E-state index in [9.17, 15) is 18.0 Å². The van der Waals surface area contributed by atoms with E-state index in [-0.39, 0.29) is 21.4 Å². The third-order valence-corrected chi connectivity index (χ3v) is 8.27. The maximum atomic E-state index is 13.3. The summed E-state index contributed by atoms with van der Waals surface area (Å²) < 4.78 is 33.7. The Balaban J connectivity index is 1.55. The minimum absolute atomic E-state index is 0.0511. The molecule has 0 saturated carbocycles. The van der Waals surface area contributed by atoms with Crippen LogP contribution in [-0.2, 0) is 14.8 Å². The molecule has 0 atom stereocenters. The van der Waals surface area contributed by atoms with E-state index in [1.165, 1.54) is 22.5 Å². The van der Waals surface area contributed by atoms with Gasteiger partial charge in [-0.25, -0.2) is 8.42 Å². The smallest absolute Gasteiger partial charge is 0.268 e. The Labute approximate surface area is 204 Å². The second kappa shape index (κ2) is 9.18. The molecule has 9 nitrogen and oxygen atoms in total. The summed E-state index contributed by atoms with van der Waals surface area (Å²) in [5.41, 5.74) is -0.0519. The lowest BCUT2D eigenvalue weighted by atomic mass is 10.0. The number of likely N-dealkylation sites (N-methyl/N-ethyl adjacent to an activating group) is 1. The van der Waals surface area contributed by atoms with Crippen LogP contribution < -0.4 is 15.4 Å². The summed E-state index contributed by atoms with van der Waals surface area (Å²) in [5.74, 6) is -0.321. The first kappa shape index (κ1) is 24.5. The number of hydrogen-bond acceptors (Lipinski definition) is 6. The van der Waals surface area contributed by atoms with Crippen molar-refractivity contribution >= 4 is 44.8 Å². The van der Waals surface area contributed by atoms with Crippen LogP contribution in [0.3, 0.4) is 0 Å². The van der Waals surface area contributed by atoms with Crippen molar-refractivity contribution in [2.45, 2.75) is 30.8 Å². The van der Waals surface area contributed by atoms with Crippen LogP contribution in [0.2, 0.25) is 5.02 Å². The van der Waals surface area contributed by atoms with Crippen LogP contribution in [0.1, 0.15) is 30.6 Å². The van der Waals surface area contributed by atoms with Crippen molar-refractivity contribution < 1.29 is 22.7 Å². The van der Waals surface area contributed by atoms with Crippen LogP contribution in [0, 0.1) is 0 Å². The van der Waals surface area contributed by atoms with Crippen molar-refractivity contribution in [1.82, 2.24) is 9.21 Å². The van der Waals surface area contributed by atoms with Crippen molar-refractivity contribution in [3.8, 4) is 5.75 Å². The Kier molecular flexibility index (Phi) is 6.61. The van der Waals surface area contributed by atoms with E-state index in [1.807, 2.05) is 7.05 Å². The second-order valence-electron chi connectivity index (χ2n) is 8.94. The van der Waals surface area contributed by atoms with Gasteiger partial charge in [0.15, 0.2) is 5.60 Å². The van der Waals surface area contributed by atoms with Gasteiger partial charge in [-0.2, -0.15) is 4.31 Å². The number of sulfonamides is 1. The monoisotopic (exact) mass is 506 g/mol. The zero-order valence-electron chi connectivity index (χ0n) is 19.2. The third-order valence-electron chi connectivity index (χ3n) is 5.89. The molecule has 2 aliphatic rings. The number of benzene rings is 2. The SMILES string of the molecule is CN1CCCN(S(=O)(=O)c2cc(NC(=O)c3ccc4c(c3)NC(=O)C(C)(C)O4)ccc2Cl)CC1. The standard InChI is InChI=1S/C23H27ClN4O5S/c1-23(2)22(30)26-18-13-15(5-8-19(18)33-23)21(29)25-16-6-7-17(24)20(14-16)34(31,32)28-10-4-9-27(3)11-12-28/h5-8,13-14H,4,9-12H2,1-3H3,(H,25,29)(H,26,30). The second-order valence-corrected chi connectivity index (χ2v) is 11.3. The Bertz CT molecular complexity index is 1250. The predicted octanol–water partition coefficient (Wildman–Crippen LogP) is 3.03. The number of ether oxygens (including phenoxy) is 1. The zero-order valence-corrected chi connectivity index (χ0v) is 20.8. The first-order valence-electron chi connectivity index (χ1n) is 10.9. The van der Waals surface area contributed by atoms with Crippen molar-refractivity contribution in [3.63, 3.8) is 0 Å². The molecule has 11 heteroatoms. The quantitative estimate of drug-likeness (QED) is 0.660. The van der Waals surface area contributed by atoms with Gasteiger partial charge in [0, 0.05) is 30.9 Å². The van der Waals surface area contributed by atoms with Gasteiger partial charge in [0.25, 0.3) is 11.8 Å². The topological polar surface area (TPSA) is 108 Å². The number of halogens is 1. The van der Waals surface area contributed by atoms with Crippen molar-refractivity contribution in [2.75, 3.05) is 43.9 Å². The van der Waals surface area contributed by atoms with Crippen molar-refractivity contribution in [3.05, 3.63) is 47.0 Å². The van der Waals surface area contributed by atoms with Gasteiger partial charge in [0.2, 0.25) is 10.0 Å². The zero-order chi connectivity index (χ0) is 24.7. The molecule has 0 spiro atoms. The normalized spacial score (nSPS) is 18.9. The molecule has 0 aromatic heterocycles. The number of amides is 2. The highest BCUT2D eigenvalue weighted by Gasteiger charge is 2.35. The summed E-state index contributed by atoms with van der Waals surface area (Å²) in [5, 5.41) is 5.54. The molecule has 1 fully saturated rings. The number of carbonyl (C=O) groups is 2. The van der Waals surface area contributed by atoms with Crippen LogP contribution >= 0.6 is 11.6 Å². The molecule has 0 radical (unpaired) electrons. The maximum absolute atomic E-state index is 13.3. The molecular weight excluding hydrogens is 480 g/mol. The Morgan fingerprint density at radius 2 is 1.88 bits per heavy atom. The molecule has 182 valence electrons. The average molecular weight is 507 g/mol. The summed E-state index contributed by atoms with van der Waals surface area (Å²) in [6, 6.07) is 9.07. The number of anilines is 2. The Morgan fingerprint density at radius 1 is 1.12 bits per heavy atom. The Morgan fingerprint density at radius 3 is 2.65 bits per heavy atom. The lowest BCUT2D eigenvalue weighted by Crippen LogP contribution is -2.45. The molecule has 0 bridgehead atoms. The molecule has 1 saturated heterocycles. The van der Waals surface area contributed by atoms with Gasteiger partial charge in [-0.15, -0.1) is 0 Å². The number of nitrogens with zero attached hydrogens (tertiary/aromatic N) is 2. The number of nitrogens with one attached hydrogen (secondary N) is 2. The lowest BCUT2D eigenvalue weighted by Gasteiger charge is -2.31. The van der Waals surface area contributed by atoms with Gasteiger partial charge >= 0.3 is 0 Å². The predicted molar refractivity (Wildman–Crippen MR) is 130 cm³/mol. The highest BCUT2D eigenvalue weighted by molar-refractivity contribution is 7.89. The lowest BCUT2D eigenvalue weighted by molar-refractivity contribution is -0.129. The van der Waals surface area contributed by atoms with E-state index in [4.69, 9.17) is 16.3 Å². The minimum atomic E-state index is -3.83. The van der Waals surface area contributed by atoms with Crippen LogP contribution in [0.15, 0.2) is 41.3 Å². The molecule has 34 heavy (non-hydrogen) atoms. The molecule has 0 unspecified atom stereocenters. The highest BCUT2D eigenvalue weighted by Crippen LogP contribution is 2.34. The molecule has 2 aromatic carbocycles. The fourth-order valence-electron chi connectivity index (χ4n) is 3.84. The van der Waals surface area contributed by atoms with Crippen LogP contribution in [0.25, 0.3) is 0 Å². The number of hydrogen-bond donors (Lipinski definition) is 2. The molecule has 2 aliphatic heterocycles. The van der Waals surface area contributed by atoms with Crippen molar-refractivity contribution in [2.24, 2.45) is 0 Å². The first-order chi connectivity index (χ1) is 16.0. The summed E-state index contributed by atoms with van der Waals surface area (Å²) in [6.45, 7) is 5.53. The molecule has 2 heterocycles. The van der Waals surface area contributed by atoms with Gasteiger partial charge in [-0.3, -0.25) is 9.59 Å². The van der Waals surface area contributed by atoms with Gasteiger partial charge in [-0.1, -0.05) is 11.6 Å². The van der Waals surface area contributed by atoms with E-state index < -0.39 is 21.5 Å². The highest BCUT2D eigenvalue weighted by atomic mass is 35.5. The molecular formula is C23H27ClN4O5S. The largest absolute Gasteiger partial charge is 0.476 e. The van der Waals surface area contributed by atoms with Gasteiger partial charge in [-0.05, 0) is 70.3 Å². The van der Waals surface area contributed by atoms with Crippen LogP contribution in [-0.4, -0.2) is 68.3 Å². The van der Waals surface area contributed by atoms with Gasteiger partial charge < -0.3 is 20.3 Å². The van der Waals surface area contributed by atoms with E-state index in [2.05, 4.69) is 15.5 Å². The summed E-state index contributed by atoms with van der Waals surface area (Å²) in [7, 11) is -1.88. The van der Waals surface area contributed by atoms with Crippen LogP contribution in [0.4, 0.5) is 11.4 Å². The van der Waals surface area contributed by atoms with Gasteiger partial charge in [0.05, 0.1) is 10.7 Å². The Hall–Kier alpha value is -2.66. The summed E-state index contributed by atoms with van der Waals surface area (Å²) in [4.78, 5) is 27.1. The molecule has 0 aliphatic carbocycles. The summed E-state index contributed by atoms with van der Waals surface area (Å²) in [6.07, 6.45) is 0.722. The van der Waals surface area contributed by atoms with Gasteiger partial charge in [0.1, 0.15) is 10.6 Å². The van der Waals surface area contributed by atoms with E-state index >= 15 is 0 Å². The fraction of sp³-hybridized carbons (Fsp3) is 0.391. The maximum Gasteiger partial charge on any atom is 0.268 e. The molecule has 4 rings (SSSR count). The van der Waals surface area contributed by atoms with Crippen molar-refractivity contribution in [1.29, 1.82) is 0 Å². The first-order valence-corrected chi connectivity index (χ1v) is 12.7. The van der Waals surface area contributed by atoms with E-state index in [0.717, 1.165) is 13.0 Å². The third kappa shape index (κ3) is 4.90. The number of rotatable bonds is 4. The molecule has 2 amide bonds. The molecule has 2 aromatic rings. The minimum Gasteiger partial charge on any atom is -0.476 e. The van der Waals surface area contributed by atoms with Crippen LogP contribution in [0.5, 0.6) is 5.75 Å².